The van der Waals surface area contributed by atoms with E-state index in [1.54, 1.807) is 18.4 Å². The van der Waals surface area contributed by atoms with Gasteiger partial charge in [0.25, 0.3) is 0 Å². The molecule has 1 aromatic carbocycles. The highest BCUT2D eigenvalue weighted by atomic mass is 32.1. The lowest BCUT2D eigenvalue weighted by Gasteiger charge is -2.09. The van der Waals surface area contributed by atoms with Crippen molar-refractivity contribution in [3.05, 3.63) is 34.7 Å². The van der Waals surface area contributed by atoms with Gasteiger partial charge in [0.05, 0.1) is 23.9 Å². The molecule has 1 unspecified atom stereocenters. The summed E-state index contributed by atoms with van der Waals surface area (Å²) in [5, 5.41) is 6.74. The lowest BCUT2D eigenvalue weighted by Crippen LogP contribution is -2.27. The summed E-state index contributed by atoms with van der Waals surface area (Å²) in [5.74, 6) is 0.866. The van der Waals surface area contributed by atoms with Crippen LogP contribution in [0.5, 0.6) is 5.75 Å². The molecule has 2 aromatic rings. The third-order valence-corrected chi connectivity index (χ3v) is 4.74. The van der Waals surface area contributed by atoms with Gasteiger partial charge >= 0.3 is 0 Å². The molecule has 2 heterocycles. The van der Waals surface area contributed by atoms with Crippen LogP contribution >= 0.6 is 11.3 Å². The molecule has 0 bridgehead atoms. The van der Waals surface area contributed by atoms with E-state index >= 15 is 0 Å². The molecule has 1 saturated heterocycles. The summed E-state index contributed by atoms with van der Waals surface area (Å²) in [4.78, 5) is 4.72. The zero-order valence-corrected chi connectivity index (χ0v) is 13.7. The minimum atomic E-state index is 0.406. The normalized spacial score (nSPS) is 17.8. The molecule has 0 amide bonds. The molecule has 118 valence electrons. The van der Waals surface area contributed by atoms with Crippen LogP contribution in [0.1, 0.15) is 17.8 Å². The first kappa shape index (κ1) is 15.5. The zero-order chi connectivity index (χ0) is 15.2. The molecule has 0 spiro atoms. The number of ether oxygens (including phenoxy) is 2. The van der Waals surface area contributed by atoms with E-state index in [1.165, 1.54) is 12.8 Å². The summed E-state index contributed by atoms with van der Waals surface area (Å²) in [7, 11) is 1.69. The Morgan fingerprint density at radius 2 is 2.41 bits per heavy atom. The highest BCUT2D eigenvalue weighted by Gasteiger charge is 2.14. The largest absolute Gasteiger partial charge is 0.497 e. The third-order valence-electron chi connectivity index (χ3n) is 3.83. The summed E-state index contributed by atoms with van der Waals surface area (Å²) < 4.78 is 10.9. The van der Waals surface area contributed by atoms with Crippen molar-refractivity contribution in [1.82, 2.24) is 10.3 Å². The number of nitrogens with one attached hydrogen (secondary N) is 1. The van der Waals surface area contributed by atoms with Gasteiger partial charge in [0.2, 0.25) is 0 Å². The van der Waals surface area contributed by atoms with Gasteiger partial charge in [-0.1, -0.05) is 12.1 Å². The zero-order valence-electron chi connectivity index (χ0n) is 12.9. The molecule has 1 atom stereocenters. The second kappa shape index (κ2) is 7.72. The lowest BCUT2D eigenvalue weighted by atomic mass is 10.2. The molecular formula is C17H22N2O2S. The van der Waals surface area contributed by atoms with Gasteiger partial charge in [-0.3, -0.25) is 0 Å². The van der Waals surface area contributed by atoms with Crippen LogP contribution in [-0.2, 0) is 11.2 Å². The van der Waals surface area contributed by atoms with E-state index < -0.39 is 0 Å². The maximum absolute atomic E-state index is 5.60. The standard InChI is InChI=1S/C17H22N2O2S/c1-20-14-5-2-4-13(10-14)16-12-22-17(19-16)7-8-18-11-15-6-3-9-21-15/h2,4-5,10,12,15,18H,3,6-9,11H2,1H3. The maximum Gasteiger partial charge on any atom is 0.119 e. The number of nitrogens with zero attached hydrogens (tertiary/aromatic N) is 1. The van der Waals surface area contributed by atoms with E-state index in [0.717, 1.165) is 48.1 Å². The van der Waals surface area contributed by atoms with E-state index in [0.29, 0.717) is 6.10 Å². The van der Waals surface area contributed by atoms with Crippen molar-refractivity contribution in [1.29, 1.82) is 0 Å². The molecule has 1 N–H and O–H groups in total. The van der Waals surface area contributed by atoms with Gasteiger partial charge < -0.3 is 14.8 Å². The van der Waals surface area contributed by atoms with E-state index in [2.05, 4.69) is 16.8 Å². The predicted molar refractivity (Wildman–Crippen MR) is 89.6 cm³/mol. The van der Waals surface area contributed by atoms with Crippen LogP contribution in [0.15, 0.2) is 29.6 Å². The summed E-state index contributed by atoms with van der Waals surface area (Å²) in [6.45, 7) is 2.82. The molecule has 4 nitrogen and oxygen atoms in total. The lowest BCUT2D eigenvalue weighted by molar-refractivity contribution is 0.110. The molecule has 1 aliphatic heterocycles. The van der Waals surface area contributed by atoms with Crippen molar-refractivity contribution in [2.75, 3.05) is 26.8 Å². The molecule has 3 rings (SSSR count). The predicted octanol–water partition coefficient (Wildman–Crippen LogP) is 3.13. The van der Waals surface area contributed by atoms with Crippen LogP contribution < -0.4 is 10.1 Å². The quantitative estimate of drug-likeness (QED) is 0.797. The Bertz CT molecular complexity index is 594. The Labute approximate surface area is 135 Å². The molecule has 0 radical (unpaired) electrons. The van der Waals surface area contributed by atoms with Crippen LogP contribution in [-0.4, -0.2) is 37.9 Å². The smallest absolute Gasteiger partial charge is 0.119 e. The molecule has 22 heavy (non-hydrogen) atoms. The number of hydrogen-bond acceptors (Lipinski definition) is 5. The van der Waals surface area contributed by atoms with E-state index in [9.17, 15) is 0 Å². The van der Waals surface area contributed by atoms with Gasteiger partial charge in [-0.15, -0.1) is 11.3 Å². The Balaban J connectivity index is 1.50. The number of benzene rings is 1. The van der Waals surface area contributed by atoms with Crippen molar-refractivity contribution in [3.8, 4) is 17.0 Å². The van der Waals surface area contributed by atoms with Gasteiger partial charge in [0, 0.05) is 37.1 Å². The Morgan fingerprint density at radius 3 is 3.23 bits per heavy atom. The Kier molecular flexibility index (Phi) is 5.43. The molecule has 5 heteroatoms. The monoisotopic (exact) mass is 318 g/mol. The van der Waals surface area contributed by atoms with E-state index in [-0.39, 0.29) is 0 Å². The fraction of sp³-hybridized carbons (Fsp3) is 0.471. The maximum atomic E-state index is 5.60. The van der Waals surface area contributed by atoms with E-state index in [4.69, 9.17) is 14.5 Å². The third kappa shape index (κ3) is 4.06. The van der Waals surface area contributed by atoms with Crippen molar-refractivity contribution in [2.45, 2.75) is 25.4 Å². The summed E-state index contributed by atoms with van der Waals surface area (Å²) in [5.41, 5.74) is 2.13. The first-order valence-electron chi connectivity index (χ1n) is 7.76. The van der Waals surface area contributed by atoms with Crippen LogP contribution in [0.3, 0.4) is 0 Å². The number of aromatic nitrogens is 1. The first-order valence-corrected chi connectivity index (χ1v) is 8.64. The molecular weight excluding hydrogens is 296 g/mol. The summed E-state index contributed by atoms with van der Waals surface area (Å²) >= 11 is 1.72. The number of hydrogen-bond donors (Lipinski definition) is 1. The van der Waals surface area contributed by atoms with Gasteiger partial charge in [0.1, 0.15) is 5.75 Å². The SMILES string of the molecule is COc1cccc(-c2csc(CCNCC3CCCO3)n2)c1. The van der Waals surface area contributed by atoms with Crippen molar-refractivity contribution in [3.63, 3.8) is 0 Å². The first-order chi connectivity index (χ1) is 10.8. The van der Waals surface area contributed by atoms with Gasteiger partial charge in [-0.2, -0.15) is 0 Å². The molecule has 1 aromatic heterocycles. The molecule has 0 saturated carbocycles. The molecule has 1 aliphatic rings. The Hall–Kier alpha value is -1.43. The van der Waals surface area contributed by atoms with Crippen LogP contribution in [0.25, 0.3) is 11.3 Å². The summed E-state index contributed by atoms with van der Waals surface area (Å²) in [6, 6.07) is 8.04. The average Bonchev–Trinajstić information content (AvgIpc) is 3.23. The van der Waals surface area contributed by atoms with Crippen molar-refractivity contribution in [2.24, 2.45) is 0 Å². The number of thiazole rings is 1. The number of rotatable bonds is 7. The second-order valence-corrected chi connectivity index (χ2v) is 6.39. The fourth-order valence-electron chi connectivity index (χ4n) is 2.60. The van der Waals surface area contributed by atoms with Crippen molar-refractivity contribution >= 4 is 11.3 Å². The summed E-state index contributed by atoms with van der Waals surface area (Å²) in [6.07, 6.45) is 3.75. The molecule has 1 fully saturated rings. The Morgan fingerprint density at radius 1 is 1.45 bits per heavy atom. The highest BCUT2D eigenvalue weighted by molar-refractivity contribution is 7.09. The van der Waals surface area contributed by atoms with Gasteiger partial charge in [-0.05, 0) is 25.0 Å². The number of methoxy groups -OCH3 is 1. The van der Waals surface area contributed by atoms with Gasteiger partial charge in [-0.25, -0.2) is 4.98 Å². The molecule has 0 aliphatic carbocycles. The average molecular weight is 318 g/mol. The minimum Gasteiger partial charge on any atom is -0.497 e. The van der Waals surface area contributed by atoms with Crippen LogP contribution in [0, 0.1) is 0 Å². The van der Waals surface area contributed by atoms with Crippen LogP contribution in [0.2, 0.25) is 0 Å². The minimum absolute atomic E-state index is 0.406. The van der Waals surface area contributed by atoms with Crippen LogP contribution in [0.4, 0.5) is 0 Å². The highest BCUT2D eigenvalue weighted by Crippen LogP contribution is 2.25. The fourth-order valence-corrected chi connectivity index (χ4v) is 3.41. The van der Waals surface area contributed by atoms with Crippen molar-refractivity contribution < 1.29 is 9.47 Å². The topological polar surface area (TPSA) is 43.4 Å². The van der Waals surface area contributed by atoms with Gasteiger partial charge in [0.15, 0.2) is 0 Å². The second-order valence-electron chi connectivity index (χ2n) is 5.45. The van der Waals surface area contributed by atoms with E-state index in [1.807, 2.05) is 18.2 Å².